The van der Waals surface area contributed by atoms with Gasteiger partial charge in [-0.05, 0) is 24.5 Å². The number of aromatic amines is 1. The second-order valence-electron chi connectivity index (χ2n) is 4.97. The summed E-state index contributed by atoms with van der Waals surface area (Å²) in [6, 6.07) is 7.53. The molecule has 0 radical (unpaired) electrons. The highest BCUT2D eigenvalue weighted by molar-refractivity contribution is 6.31. The van der Waals surface area contributed by atoms with Gasteiger partial charge in [-0.3, -0.25) is 4.79 Å². The number of fused-ring (bicyclic) bond motifs is 1. The summed E-state index contributed by atoms with van der Waals surface area (Å²) < 4.78 is 0. The van der Waals surface area contributed by atoms with Crippen molar-refractivity contribution in [1.29, 1.82) is 0 Å². The van der Waals surface area contributed by atoms with E-state index < -0.39 is 0 Å². The molecule has 1 aliphatic rings. The third kappa shape index (κ3) is 2.67. The summed E-state index contributed by atoms with van der Waals surface area (Å²) >= 11 is 6.07. The molecule has 6 heteroatoms. The minimum atomic E-state index is -0.0323. The first-order chi connectivity index (χ1) is 9.74. The van der Waals surface area contributed by atoms with Gasteiger partial charge in [0, 0.05) is 23.9 Å². The van der Waals surface area contributed by atoms with Gasteiger partial charge in [-0.15, -0.1) is 0 Å². The van der Waals surface area contributed by atoms with Crippen LogP contribution in [0.5, 0.6) is 0 Å². The van der Waals surface area contributed by atoms with Gasteiger partial charge in [-0.25, -0.2) is 0 Å². The molecule has 20 heavy (non-hydrogen) atoms. The topological polar surface area (TPSA) is 70.7 Å². The first-order valence-corrected chi connectivity index (χ1v) is 7.01. The van der Waals surface area contributed by atoms with Crippen LogP contribution in [0.4, 0.5) is 0 Å². The lowest BCUT2D eigenvalue weighted by Gasteiger charge is -2.19. The zero-order valence-electron chi connectivity index (χ0n) is 10.9. The standard InChI is InChI=1S/C14H15ClN4O/c15-11-4-2-1-3-10(11)8-16-14(20)9-5-6-12-13(7-9)18-19-17-12/h1-4,9H,5-8H2,(H,16,20)(H,17,18,19). The number of carbonyl (C=O) groups excluding carboxylic acids is 1. The van der Waals surface area contributed by atoms with E-state index in [1.807, 2.05) is 24.3 Å². The number of aryl methyl sites for hydroxylation is 1. The van der Waals surface area contributed by atoms with Crippen LogP contribution in [0.25, 0.3) is 0 Å². The number of rotatable bonds is 3. The molecule has 0 aliphatic heterocycles. The third-order valence-corrected chi connectivity index (χ3v) is 4.02. The summed E-state index contributed by atoms with van der Waals surface area (Å²) in [6.45, 7) is 0.459. The number of carbonyl (C=O) groups is 1. The van der Waals surface area contributed by atoms with Crippen LogP contribution < -0.4 is 5.32 Å². The van der Waals surface area contributed by atoms with E-state index in [0.717, 1.165) is 29.8 Å². The van der Waals surface area contributed by atoms with Crippen molar-refractivity contribution in [3.05, 3.63) is 46.2 Å². The molecule has 1 atom stereocenters. The second kappa shape index (κ2) is 5.63. The highest BCUT2D eigenvalue weighted by Gasteiger charge is 2.26. The van der Waals surface area contributed by atoms with E-state index in [1.54, 1.807) is 0 Å². The van der Waals surface area contributed by atoms with Gasteiger partial charge in [0.05, 0.1) is 11.4 Å². The maximum atomic E-state index is 12.2. The van der Waals surface area contributed by atoms with E-state index >= 15 is 0 Å². The lowest BCUT2D eigenvalue weighted by atomic mass is 9.89. The van der Waals surface area contributed by atoms with Crippen molar-refractivity contribution in [1.82, 2.24) is 20.7 Å². The largest absolute Gasteiger partial charge is 0.352 e. The molecule has 1 unspecified atom stereocenters. The Kier molecular flexibility index (Phi) is 3.69. The number of hydrogen-bond acceptors (Lipinski definition) is 3. The molecule has 5 nitrogen and oxygen atoms in total. The zero-order chi connectivity index (χ0) is 13.9. The van der Waals surface area contributed by atoms with Gasteiger partial charge in [-0.2, -0.15) is 15.4 Å². The van der Waals surface area contributed by atoms with Gasteiger partial charge in [-0.1, -0.05) is 29.8 Å². The Morgan fingerprint density at radius 3 is 3.00 bits per heavy atom. The molecule has 1 heterocycles. The number of halogens is 1. The fourth-order valence-corrected chi connectivity index (χ4v) is 2.68. The van der Waals surface area contributed by atoms with Crippen LogP contribution >= 0.6 is 11.6 Å². The van der Waals surface area contributed by atoms with Crippen molar-refractivity contribution in [3.63, 3.8) is 0 Å². The quantitative estimate of drug-likeness (QED) is 0.907. The lowest BCUT2D eigenvalue weighted by molar-refractivity contribution is -0.125. The predicted octanol–water partition coefficient (Wildman–Crippen LogP) is 1.88. The van der Waals surface area contributed by atoms with Gasteiger partial charge in [0.25, 0.3) is 0 Å². The summed E-state index contributed by atoms with van der Waals surface area (Å²) in [6.07, 6.45) is 2.27. The smallest absolute Gasteiger partial charge is 0.223 e. The van der Waals surface area contributed by atoms with Crippen molar-refractivity contribution >= 4 is 17.5 Å². The molecule has 1 aromatic heterocycles. The molecule has 1 aromatic carbocycles. The summed E-state index contributed by atoms with van der Waals surface area (Å²) in [5, 5.41) is 14.4. The number of amides is 1. The maximum Gasteiger partial charge on any atom is 0.223 e. The van der Waals surface area contributed by atoms with E-state index in [1.165, 1.54) is 0 Å². The van der Waals surface area contributed by atoms with E-state index in [0.29, 0.717) is 18.0 Å². The zero-order valence-corrected chi connectivity index (χ0v) is 11.7. The number of H-pyrrole nitrogens is 1. The molecule has 1 aliphatic carbocycles. The Morgan fingerprint density at radius 2 is 2.15 bits per heavy atom. The minimum absolute atomic E-state index is 0.0323. The van der Waals surface area contributed by atoms with Crippen LogP contribution in [0.3, 0.4) is 0 Å². The fraction of sp³-hybridized carbons (Fsp3) is 0.357. The third-order valence-electron chi connectivity index (χ3n) is 3.65. The summed E-state index contributed by atoms with van der Waals surface area (Å²) in [5.74, 6) is 0.0219. The molecule has 0 saturated heterocycles. The Morgan fingerprint density at radius 1 is 1.35 bits per heavy atom. The Labute approximate surface area is 121 Å². The minimum Gasteiger partial charge on any atom is -0.352 e. The monoisotopic (exact) mass is 290 g/mol. The highest BCUT2D eigenvalue weighted by atomic mass is 35.5. The van der Waals surface area contributed by atoms with E-state index in [-0.39, 0.29) is 11.8 Å². The van der Waals surface area contributed by atoms with Crippen molar-refractivity contribution < 1.29 is 4.79 Å². The predicted molar refractivity (Wildman–Crippen MR) is 75.2 cm³/mol. The van der Waals surface area contributed by atoms with Gasteiger partial charge in [0.1, 0.15) is 0 Å². The van der Waals surface area contributed by atoms with Crippen LogP contribution in [-0.4, -0.2) is 21.3 Å². The molecule has 1 amide bonds. The van der Waals surface area contributed by atoms with Gasteiger partial charge < -0.3 is 5.32 Å². The molecule has 3 rings (SSSR count). The molecular weight excluding hydrogens is 276 g/mol. The van der Waals surface area contributed by atoms with Crippen molar-refractivity contribution in [3.8, 4) is 0 Å². The molecule has 104 valence electrons. The van der Waals surface area contributed by atoms with Crippen LogP contribution in [0.1, 0.15) is 23.4 Å². The lowest BCUT2D eigenvalue weighted by Crippen LogP contribution is -2.33. The molecule has 0 bridgehead atoms. The van der Waals surface area contributed by atoms with Crippen LogP contribution in [0.15, 0.2) is 24.3 Å². The first-order valence-electron chi connectivity index (χ1n) is 6.63. The summed E-state index contributed by atoms with van der Waals surface area (Å²) in [5.41, 5.74) is 2.83. The van der Waals surface area contributed by atoms with Crippen LogP contribution in [0.2, 0.25) is 5.02 Å². The first kappa shape index (κ1) is 13.1. The number of hydrogen-bond donors (Lipinski definition) is 2. The normalized spacial score (nSPS) is 17.6. The molecule has 0 saturated carbocycles. The van der Waals surface area contributed by atoms with E-state index in [4.69, 9.17) is 11.6 Å². The van der Waals surface area contributed by atoms with Gasteiger partial charge in [0.2, 0.25) is 5.91 Å². The van der Waals surface area contributed by atoms with Crippen molar-refractivity contribution in [2.45, 2.75) is 25.8 Å². The molecular formula is C14H15ClN4O. The average Bonchev–Trinajstić information content (AvgIpc) is 2.93. The Balaban J connectivity index is 1.59. The van der Waals surface area contributed by atoms with Crippen LogP contribution in [0, 0.1) is 5.92 Å². The molecule has 0 fully saturated rings. The van der Waals surface area contributed by atoms with Crippen LogP contribution in [-0.2, 0) is 24.2 Å². The van der Waals surface area contributed by atoms with E-state index in [9.17, 15) is 4.79 Å². The Bertz CT molecular complexity index is 625. The van der Waals surface area contributed by atoms with Crippen molar-refractivity contribution in [2.24, 2.45) is 5.92 Å². The SMILES string of the molecule is O=C(NCc1ccccc1Cl)C1CCc2n[nH]nc2C1. The van der Waals surface area contributed by atoms with E-state index in [2.05, 4.69) is 20.7 Å². The summed E-state index contributed by atoms with van der Waals surface area (Å²) in [7, 11) is 0. The average molecular weight is 291 g/mol. The van der Waals surface area contributed by atoms with Crippen molar-refractivity contribution in [2.75, 3.05) is 0 Å². The number of aromatic nitrogens is 3. The highest BCUT2D eigenvalue weighted by Crippen LogP contribution is 2.22. The van der Waals surface area contributed by atoms with Gasteiger partial charge in [0.15, 0.2) is 0 Å². The Hall–Kier alpha value is -1.88. The second-order valence-corrected chi connectivity index (χ2v) is 5.37. The summed E-state index contributed by atoms with van der Waals surface area (Å²) in [4.78, 5) is 12.2. The molecule has 2 aromatic rings. The number of nitrogens with zero attached hydrogens (tertiary/aromatic N) is 2. The molecule has 0 spiro atoms. The number of benzene rings is 1. The maximum absolute atomic E-state index is 12.2. The van der Waals surface area contributed by atoms with Gasteiger partial charge >= 0.3 is 0 Å². The fourth-order valence-electron chi connectivity index (χ4n) is 2.48. The molecule has 2 N–H and O–H groups in total. The number of nitrogens with one attached hydrogen (secondary N) is 2.